The first-order valence-electron chi connectivity index (χ1n) is 9.33. The SMILES string of the molecule is CC1CCCCC(C(O)C(F)(F)F)C1Cc1ccc2c(C#N)nccc2c1. The van der Waals surface area contributed by atoms with Crippen molar-refractivity contribution < 1.29 is 18.3 Å². The van der Waals surface area contributed by atoms with Gasteiger partial charge in [-0.15, -0.1) is 0 Å². The second kappa shape index (κ2) is 7.85. The van der Waals surface area contributed by atoms with E-state index in [1.54, 1.807) is 12.3 Å². The van der Waals surface area contributed by atoms with E-state index in [2.05, 4.69) is 11.1 Å². The van der Waals surface area contributed by atoms with Crippen LogP contribution in [0.4, 0.5) is 13.2 Å². The summed E-state index contributed by atoms with van der Waals surface area (Å²) in [6, 6.07) is 9.46. The number of benzene rings is 1. The minimum Gasteiger partial charge on any atom is -0.383 e. The van der Waals surface area contributed by atoms with Crippen molar-refractivity contribution >= 4 is 10.8 Å². The number of aromatic nitrogens is 1. The van der Waals surface area contributed by atoms with Crippen LogP contribution in [0, 0.1) is 29.1 Å². The standard InChI is InChI=1S/C21H23F3N2O/c1-13-4-2-3-5-17(20(27)21(22,23)24)18(13)11-14-6-7-16-15(10-14)8-9-26-19(16)12-25/h6-10,13,17-18,20,27H,2-5,11H2,1H3. The van der Waals surface area contributed by atoms with Crippen molar-refractivity contribution in [2.24, 2.45) is 17.8 Å². The lowest BCUT2D eigenvalue weighted by molar-refractivity contribution is -0.226. The highest BCUT2D eigenvalue weighted by Crippen LogP contribution is 2.41. The molecule has 4 atom stereocenters. The fourth-order valence-corrected chi connectivity index (χ4v) is 4.40. The average molecular weight is 376 g/mol. The lowest BCUT2D eigenvalue weighted by Crippen LogP contribution is -2.41. The molecular formula is C21H23F3N2O. The summed E-state index contributed by atoms with van der Waals surface area (Å²) in [5.74, 6) is -0.915. The number of nitrogens with zero attached hydrogens (tertiary/aromatic N) is 2. The number of halogens is 3. The number of aliphatic hydroxyl groups excluding tert-OH is 1. The zero-order valence-corrected chi connectivity index (χ0v) is 15.2. The lowest BCUT2D eigenvalue weighted by Gasteiger charge is -2.34. The van der Waals surface area contributed by atoms with Crippen molar-refractivity contribution in [1.82, 2.24) is 4.98 Å². The van der Waals surface area contributed by atoms with Gasteiger partial charge in [0, 0.05) is 11.6 Å². The second-order valence-corrected chi connectivity index (χ2v) is 7.61. The van der Waals surface area contributed by atoms with Crippen molar-refractivity contribution in [1.29, 1.82) is 5.26 Å². The maximum atomic E-state index is 13.2. The number of pyridine rings is 1. The van der Waals surface area contributed by atoms with Crippen LogP contribution >= 0.6 is 0 Å². The van der Waals surface area contributed by atoms with Gasteiger partial charge in [-0.25, -0.2) is 4.98 Å². The molecule has 1 aliphatic rings. The molecule has 1 fully saturated rings. The molecule has 0 spiro atoms. The van der Waals surface area contributed by atoms with Gasteiger partial charge >= 0.3 is 6.18 Å². The number of alkyl halides is 3. The molecule has 27 heavy (non-hydrogen) atoms. The third-order valence-electron chi connectivity index (χ3n) is 5.87. The van der Waals surface area contributed by atoms with Gasteiger partial charge in [-0.05, 0) is 47.6 Å². The van der Waals surface area contributed by atoms with Gasteiger partial charge < -0.3 is 5.11 Å². The number of rotatable bonds is 3. The molecule has 1 saturated carbocycles. The van der Waals surface area contributed by atoms with Crippen LogP contribution < -0.4 is 0 Å². The Morgan fingerprint density at radius 1 is 1.26 bits per heavy atom. The van der Waals surface area contributed by atoms with E-state index in [0.717, 1.165) is 29.2 Å². The van der Waals surface area contributed by atoms with Crippen LogP contribution in [0.5, 0.6) is 0 Å². The Kier molecular flexibility index (Phi) is 5.71. The number of hydrogen-bond acceptors (Lipinski definition) is 3. The maximum absolute atomic E-state index is 13.2. The van der Waals surface area contributed by atoms with Gasteiger partial charge in [0.2, 0.25) is 0 Å². The molecule has 2 aromatic rings. The van der Waals surface area contributed by atoms with E-state index in [9.17, 15) is 18.3 Å². The van der Waals surface area contributed by atoms with Gasteiger partial charge in [0.1, 0.15) is 11.8 Å². The first-order valence-corrected chi connectivity index (χ1v) is 9.33. The van der Waals surface area contributed by atoms with E-state index in [1.165, 1.54) is 0 Å². The molecule has 3 nitrogen and oxygen atoms in total. The van der Waals surface area contributed by atoms with Gasteiger partial charge in [0.15, 0.2) is 6.10 Å². The van der Waals surface area contributed by atoms with Gasteiger partial charge in [-0.1, -0.05) is 44.4 Å². The number of fused-ring (bicyclic) bond motifs is 1. The summed E-state index contributed by atoms with van der Waals surface area (Å²) in [6.45, 7) is 1.99. The molecule has 0 aliphatic heterocycles. The summed E-state index contributed by atoms with van der Waals surface area (Å²) in [7, 11) is 0. The van der Waals surface area contributed by atoms with Crippen molar-refractivity contribution in [2.45, 2.75) is 51.3 Å². The minimum absolute atomic E-state index is 0.109. The Morgan fingerprint density at radius 2 is 2.00 bits per heavy atom. The van der Waals surface area contributed by atoms with Crippen LogP contribution in [-0.2, 0) is 6.42 Å². The van der Waals surface area contributed by atoms with Crippen molar-refractivity contribution in [3.63, 3.8) is 0 Å². The van der Waals surface area contributed by atoms with Crippen LogP contribution in [0.3, 0.4) is 0 Å². The van der Waals surface area contributed by atoms with Crippen LogP contribution in [-0.4, -0.2) is 22.4 Å². The number of aliphatic hydroxyl groups is 1. The van der Waals surface area contributed by atoms with E-state index in [-0.39, 0.29) is 11.8 Å². The monoisotopic (exact) mass is 376 g/mol. The summed E-state index contributed by atoms with van der Waals surface area (Å²) >= 11 is 0. The highest BCUT2D eigenvalue weighted by molar-refractivity contribution is 5.86. The van der Waals surface area contributed by atoms with Crippen LogP contribution in [0.15, 0.2) is 30.5 Å². The van der Waals surface area contributed by atoms with E-state index < -0.39 is 18.2 Å². The molecule has 1 heterocycles. The molecule has 0 amide bonds. The molecule has 1 aromatic carbocycles. The number of hydrogen-bond donors (Lipinski definition) is 1. The minimum atomic E-state index is -4.59. The molecule has 1 N–H and O–H groups in total. The molecule has 3 rings (SSSR count). The number of nitriles is 1. The molecule has 0 radical (unpaired) electrons. The zero-order chi connectivity index (χ0) is 19.6. The highest BCUT2D eigenvalue weighted by atomic mass is 19.4. The molecule has 0 bridgehead atoms. The van der Waals surface area contributed by atoms with Crippen LogP contribution in [0.2, 0.25) is 0 Å². The van der Waals surface area contributed by atoms with Gasteiger partial charge in [0.25, 0.3) is 0 Å². The van der Waals surface area contributed by atoms with Crippen molar-refractivity contribution in [3.8, 4) is 6.07 Å². The molecule has 6 heteroatoms. The summed E-state index contributed by atoms with van der Waals surface area (Å²) in [4.78, 5) is 4.04. The molecule has 1 aliphatic carbocycles. The highest BCUT2D eigenvalue weighted by Gasteiger charge is 2.47. The first kappa shape index (κ1) is 19.6. The Hall–Kier alpha value is -2.13. The molecule has 144 valence electrons. The Morgan fingerprint density at radius 3 is 2.70 bits per heavy atom. The third kappa shape index (κ3) is 4.24. The predicted molar refractivity (Wildman–Crippen MR) is 96.8 cm³/mol. The molecule has 1 aromatic heterocycles. The average Bonchev–Trinajstić information content (AvgIpc) is 2.81. The molecule has 4 unspecified atom stereocenters. The lowest BCUT2D eigenvalue weighted by atomic mass is 9.74. The van der Waals surface area contributed by atoms with E-state index in [4.69, 9.17) is 5.26 Å². The van der Waals surface area contributed by atoms with Crippen molar-refractivity contribution in [2.75, 3.05) is 0 Å². The Labute approximate surface area is 156 Å². The zero-order valence-electron chi connectivity index (χ0n) is 15.2. The van der Waals surface area contributed by atoms with E-state index in [0.29, 0.717) is 25.0 Å². The van der Waals surface area contributed by atoms with E-state index >= 15 is 0 Å². The quantitative estimate of drug-likeness (QED) is 0.766. The van der Waals surface area contributed by atoms with Crippen LogP contribution in [0.1, 0.15) is 43.9 Å². The van der Waals surface area contributed by atoms with Gasteiger partial charge in [-0.2, -0.15) is 18.4 Å². The summed E-state index contributed by atoms with van der Waals surface area (Å²) in [6.07, 6.45) is -1.94. The van der Waals surface area contributed by atoms with Crippen molar-refractivity contribution in [3.05, 3.63) is 41.7 Å². The summed E-state index contributed by atoms with van der Waals surface area (Å²) in [5.41, 5.74) is 1.27. The second-order valence-electron chi connectivity index (χ2n) is 7.61. The Balaban J connectivity index is 1.92. The topological polar surface area (TPSA) is 56.9 Å². The largest absolute Gasteiger partial charge is 0.414 e. The summed E-state index contributed by atoms with van der Waals surface area (Å²) in [5, 5.41) is 20.7. The normalized spacial score (nSPS) is 25.0. The Bertz CT molecular complexity index is 843. The van der Waals surface area contributed by atoms with Crippen LogP contribution in [0.25, 0.3) is 10.8 Å². The smallest absolute Gasteiger partial charge is 0.383 e. The first-order chi connectivity index (χ1) is 12.8. The molecular weight excluding hydrogens is 353 g/mol. The summed E-state index contributed by atoms with van der Waals surface area (Å²) < 4.78 is 39.6. The predicted octanol–water partition coefficient (Wildman–Crippen LogP) is 5.01. The molecule has 0 saturated heterocycles. The maximum Gasteiger partial charge on any atom is 0.414 e. The van der Waals surface area contributed by atoms with E-state index in [1.807, 2.05) is 25.1 Å². The fraction of sp³-hybridized carbons (Fsp3) is 0.524. The van der Waals surface area contributed by atoms with Gasteiger partial charge in [0.05, 0.1) is 0 Å². The third-order valence-corrected chi connectivity index (χ3v) is 5.87. The fourth-order valence-electron chi connectivity index (χ4n) is 4.40. The van der Waals surface area contributed by atoms with Gasteiger partial charge in [-0.3, -0.25) is 0 Å².